The van der Waals surface area contributed by atoms with Crippen molar-refractivity contribution in [1.82, 2.24) is 0 Å². The topological polar surface area (TPSA) is 50.4 Å². The van der Waals surface area contributed by atoms with Crippen LogP contribution in [0.2, 0.25) is 0 Å². The summed E-state index contributed by atoms with van der Waals surface area (Å²) in [6, 6.07) is 15.2. The standard InChI is InChI=1S/C19H18N2O2/c1-3-15-11-19(22)21-17-10-9-16(12-18(17)20-15)23-13(2)14-7-5-4-6-8-14/h1,4-10,12-13,15,20H,11H2,2H3,(H,21,22)/t13?,15-/m1/s1. The molecule has 116 valence electrons. The van der Waals surface area contributed by atoms with Crippen molar-refractivity contribution in [3.63, 3.8) is 0 Å². The number of amides is 1. The van der Waals surface area contributed by atoms with Gasteiger partial charge in [0.25, 0.3) is 0 Å². The monoisotopic (exact) mass is 306 g/mol. The number of carbonyl (C=O) groups excluding carboxylic acids is 1. The maximum Gasteiger partial charge on any atom is 0.227 e. The Morgan fingerprint density at radius 2 is 2.00 bits per heavy atom. The first-order chi connectivity index (χ1) is 11.2. The predicted octanol–water partition coefficient (Wildman–Crippen LogP) is 3.58. The third kappa shape index (κ3) is 3.46. The predicted molar refractivity (Wildman–Crippen MR) is 91.4 cm³/mol. The summed E-state index contributed by atoms with van der Waals surface area (Å²) in [4.78, 5) is 11.8. The Labute approximate surface area is 135 Å². The van der Waals surface area contributed by atoms with E-state index in [9.17, 15) is 4.79 Å². The molecular weight excluding hydrogens is 288 g/mol. The summed E-state index contributed by atoms with van der Waals surface area (Å²) >= 11 is 0. The molecule has 3 rings (SSSR count). The van der Waals surface area contributed by atoms with Gasteiger partial charge < -0.3 is 15.4 Å². The molecule has 2 atom stereocenters. The number of carbonyl (C=O) groups is 1. The number of terminal acetylenes is 1. The van der Waals surface area contributed by atoms with Crippen LogP contribution in [0, 0.1) is 12.3 Å². The normalized spacial score (nSPS) is 17.7. The number of rotatable bonds is 3. The van der Waals surface area contributed by atoms with Gasteiger partial charge in [-0.2, -0.15) is 0 Å². The molecule has 0 aromatic heterocycles. The molecule has 2 N–H and O–H groups in total. The van der Waals surface area contributed by atoms with Crippen molar-refractivity contribution in [1.29, 1.82) is 0 Å². The van der Waals surface area contributed by atoms with Gasteiger partial charge in [-0.1, -0.05) is 36.3 Å². The molecular formula is C19H18N2O2. The lowest BCUT2D eigenvalue weighted by Crippen LogP contribution is -2.20. The fourth-order valence-electron chi connectivity index (χ4n) is 2.55. The van der Waals surface area contributed by atoms with E-state index >= 15 is 0 Å². The van der Waals surface area contributed by atoms with Crippen LogP contribution in [0.4, 0.5) is 11.4 Å². The minimum atomic E-state index is -0.321. The van der Waals surface area contributed by atoms with Crippen molar-refractivity contribution in [3.8, 4) is 18.1 Å². The molecule has 1 heterocycles. The number of hydrogen-bond acceptors (Lipinski definition) is 3. The fraction of sp³-hybridized carbons (Fsp3) is 0.211. The van der Waals surface area contributed by atoms with E-state index < -0.39 is 0 Å². The van der Waals surface area contributed by atoms with Gasteiger partial charge in [-0.3, -0.25) is 4.79 Å². The molecule has 0 saturated heterocycles. The highest BCUT2D eigenvalue weighted by molar-refractivity contribution is 5.97. The summed E-state index contributed by atoms with van der Waals surface area (Å²) in [5, 5.41) is 6.04. The number of nitrogens with one attached hydrogen (secondary N) is 2. The van der Waals surface area contributed by atoms with E-state index in [-0.39, 0.29) is 24.5 Å². The molecule has 0 fully saturated rings. The lowest BCUT2D eigenvalue weighted by molar-refractivity contribution is -0.116. The number of ether oxygens (including phenoxy) is 1. The number of anilines is 2. The molecule has 23 heavy (non-hydrogen) atoms. The minimum absolute atomic E-state index is 0.0713. The van der Waals surface area contributed by atoms with Crippen molar-refractivity contribution in [3.05, 3.63) is 54.1 Å². The Balaban J connectivity index is 1.82. The molecule has 4 nitrogen and oxygen atoms in total. The average Bonchev–Trinajstić information content (AvgIpc) is 2.73. The van der Waals surface area contributed by atoms with Crippen molar-refractivity contribution in [2.45, 2.75) is 25.5 Å². The maximum atomic E-state index is 11.8. The zero-order chi connectivity index (χ0) is 16.2. The summed E-state index contributed by atoms with van der Waals surface area (Å²) in [6.45, 7) is 2.00. The molecule has 4 heteroatoms. The molecule has 0 bridgehead atoms. The second kappa shape index (κ2) is 6.45. The summed E-state index contributed by atoms with van der Waals surface area (Å²) in [7, 11) is 0. The Morgan fingerprint density at radius 3 is 2.74 bits per heavy atom. The van der Waals surface area contributed by atoms with Gasteiger partial charge in [-0.15, -0.1) is 6.42 Å². The Hall–Kier alpha value is -2.93. The molecule has 1 aliphatic heterocycles. The van der Waals surface area contributed by atoms with E-state index in [2.05, 4.69) is 16.6 Å². The average molecular weight is 306 g/mol. The van der Waals surface area contributed by atoms with Gasteiger partial charge in [-0.25, -0.2) is 0 Å². The van der Waals surface area contributed by atoms with Gasteiger partial charge in [0, 0.05) is 6.07 Å². The van der Waals surface area contributed by atoms with Gasteiger partial charge in [0.2, 0.25) is 5.91 Å². The van der Waals surface area contributed by atoms with Crippen LogP contribution < -0.4 is 15.4 Å². The molecule has 0 spiro atoms. The van der Waals surface area contributed by atoms with Gasteiger partial charge in [0.15, 0.2) is 0 Å². The summed E-state index contributed by atoms with van der Waals surface area (Å²) in [6.07, 6.45) is 5.64. The first-order valence-electron chi connectivity index (χ1n) is 7.54. The lowest BCUT2D eigenvalue weighted by Gasteiger charge is -2.17. The molecule has 0 saturated carbocycles. The van der Waals surface area contributed by atoms with Gasteiger partial charge >= 0.3 is 0 Å². The van der Waals surface area contributed by atoms with Crippen molar-refractivity contribution in [2.24, 2.45) is 0 Å². The SMILES string of the molecule is C#C[C@@H]1CC(=O)Nc2ccc(OC(C)c3ccccc3)cc2N1. The summed E-state index contributed by atoms with van der Waals surface area (Å²) in [5.74, 6) is 3.22. The highest BCUT2D eigenvalue weighted by atomic mass is 16.5. The van der Waals surface area contributed by atoms with E-state index in [0.717, 1.165) is 17.0 Å². The quantitative estimate of drug-likeness (QED) is 0.852. The Bertz CT molecular complexity index is 750. The fourth-order valence-corrected chi connectivity index (χ4v) is 2.55. The van der Waals surface area contributed by atoms with Gasteiger partial charge in [0.1, 0.15) is 11.9 Å². The molecule has 2 aromatic rings. The van der Waals surface area contributed by atoms with Crippen LogP contribution in [0.1, 0.15) is 25.0 Å². The molecule has 0 radical (unpaired) electrons. The summed E-state index contributed by atoms with van der Waals surface area (Å²) < 4.78 is 6.00. The second-order valence-corrected chi connectivity index (χ2v) is 5.49. The van der Waals surface area contributed by atoms with E-state index in [0.29, 0.717) is 5.69 Å². The van der Waals surface area contributed by atoms with Crippen LogP contribution in [0.25, 0.3) is 0 Å². The Morgan fingerprint density at radius 1 is 1.22 bits per heavy atom. The molecule has 1 amide bonds. The first-order valence-corrected chi connectivity index (χ1v) is 7.54. The van der Waals surface area contributed by atoms with Crippen LogP contribution in [-0.2, 0) is 4.79 Å². The molecule has 2 aromatic carbocycles. The van der Waals surface area contributed by atoms with Crippen molar-refractivity contribution >= 4 is 17.3 Å². The van der Waals surface area contributed by atoms with E-state index in [1.165, 1.54) is 0 Å². The Kier molecular flexibility index (Phi) is 4.20. The number of fused-ring (bicyclic) bond motifs is 1. The highest BCUT2D eigenvalue weighted by Crippen LogP contribution is 2.32. The molecule has 1 unspecified atom stereocenters. The molecule has 1 aliphatic rings. The third-order valence-electron chi connectivity index (χ3n) is 3.77. The van der Waals surface area contributed by atoms with Crippen LogP contribution in [0.15, 0.2) is 48.5 Å². The molecule has 0 aliphatic carbocycles. The first kappa shape index (κ1) is 15.0. The minimum Gasteiger partial charge on any atom is -0.486 e. The zero-order valence-corrected chi connectivity index (χ0v) is 12.9. The van der Waals surface area contributed by atoms with Crippen LogP contribution in [-0.4, -0.2) is 11.9 Å². The number of hydrogen-bond donors (Lipinski definition) is 2. The zero-order valence-electron chi connectivity index (χ0n) is 12.9. The van der Waals surface area contributed by atoms with E-state index in [1.54, 1.807) is 0 Å². The summed E-state index contributed by atoms with van der Waals surface area (Å²) in [5.41, 5.74) is 2.59. The van der Waals surface area contributed by atoms with Crippen LogP contribution >= 0.6 is 0 Å². The maximum absolute atomic E-state index is 11.8. The van der Waals surface area contributed by atoms with Gasteiger partial charge in [0.05, 0.1) is 23.8 Å². The highest BCUT2D eigenvalue weighted by Gasteiger charge is 2.19. The van der Waals surface area contributed by atoms with Crippen molar-refractivity contribution < 1.29 is 9.53 Å². The van der Waals surface area contributed by atoms with Gasteiger partial charge in [-0.05, 0) is 24.6 Å². The van der Waals surface area contributed by atoms with E-state index in [1.807, 2.05) is 55.5 Å². The van der Waals surface area contributed by atoms with Crippen LogP contribution in [0.5, 0.6) is 5.75 Å². The smallest absolute Gasteiger partial charge is 0.227 e. The number of benzene rings is 2. The largest absolute Gasteiger partial charge is 0.486 e. The van der Waals surface area contributed by atoms with Crippen LogP contribution in [0.3, 0.4) is 0 Å². The lowest BCUT2D eigenvalue weighted by atomic mass is 10.1. The third-order valence-corrected chi connectivity index (χ3v) is 3.77. The second-order valence-electron chi connectivity index (χ2n) is 5.49. The van der Waals surface area contributed by atoms with Crippen molar-refractivity contribution in [2.75, 3.05) is 10.6 Å². The van der Waals surface area contributed by atoms with E-state index in [4.69, 9.17) is 11.2 Å².